The SMILES string of the molecule is CC[C@@H](O)C[C@@H](CC)COC(c1ccccc1)(c1ccccc1)c1ccccc1. The quantitative estimate of drug-likeness (QED) is 0.420. The molecule has 0 aromatic heterocycles. The fraction of sp³-hybridized carbons (Fsp3) is 0.333. The Morgan fingerprint density at radius 3 is 1.45 bits per heavy atom. The van der Waals surface area contributed by atoms with Crippen LogP contribution >= 0.6 is 0 Å². The van der Waals surface area contributed by atoms with Crippen LogP contribution in [-0.4, -0.2) is 17.8 Å². The Balaban J connectivity index is 2.07. The Kier molecular flexibility index (Phi) is 7.62. The number of hydrogen-bond donors (Lipinski definition) is 1. The third-order valence-corrected chi connectivity index (χ3v) is 5.73. The minimum Gasteiger partial charge on any atom is -0.393 e. The number of rotatable bonds is 10. The smallest absolute Gasteiger partial charge is 0.143 e. The van der Waals surface area contributed by atoms with Crippen LogP contribution in [0.5, 0.6) is 0 Å². The number of hydrogen-bond acceptors (Lipinski definition) is 2. The van der Waals surface area contributed by atoms with Crippen LogP contribution in [0.2, 0.25) is 0 Å². The normalized spacial score (nSPS) is 13.8. The molecule has 0 saturated heterocycles. The lowest BCUT2D eigenvalue weighted by Gasteiger charge is -2.37. The maximum atomic E-state index is 10.2. The molecule has 2 atom stereocenters. The van der Waals surface area contributed by atoms with Crippen LogP contribution < -0.4 is 0 Å². The highest BCUT2D eigenvalue weighted by molar-refractivity contribution is 5.47. The first-order valence-electron chi connectivity index (χ1n) is 10.7. The van der Waals surface area contributed by atoms with Crippen molar-refractivity contribution < 1.29 is 9.84 Å². The molecule has 0 amide bonds. The minimum atomic E-state index is -0.686. The Labute approximate surface area is 175 Å². The van der Waals surface area contributed by atoms with Gasteiger partial charge in [-0.2, -0.15) is 0 Å². The van der Waals surface area contributed by atoms with E-state index >= 15 is 0 Å². The largest absolute Gasteiger partial charge is 0.393 e. The van der Waals surface area contributed by atoms with Crippen molar-refractivity contribution in [2.24, 2.45) is 5.92 Å². The van der Waals surface area contributed by atoms with Crippen LogP contribution in [0.25, 0.3) is 0 Å². The Morgan fingerprint density at radius 1 is 0.690 bits per heavy atom. The molecule has 2 nitrogen and oxygen atoms in total. The van der Waals surface area contributed by atoms with E-state index in [1.807, 2.05) is 25.1 Å². The lowest BCUT2D eigenvalue weighted by atomic mass is 9.80. The third-order valence-electron chi connectivity index (χ3n) is 5.73. The van der Waals surface area contributed by atoms with Crippen LogP contribution in [0.1, 0.15) is 49.8 Å². The van der Waals surface area contributed by atoms with E-state index in [9.17, 15) is 5.11 Å². The highest BCUT2D eigenvalue weighted by Crippen LogP contribution is 2.41. The average molecular weight is 389 g/mol. The molecule has 3 rings (SSSR count). The van der Waals surface area contributed by atoms with Gasteiger partial charge in [0.15, 0.2) is 0 Å². The Hall–Kier alpha value is -2.42. The first kappa shape index (κ1) is 21.3. The summed E-state index contributed by atoms with van der Waals surface area (Å²) >= 11 is 0. The van der Waals surface area contributed by atoms with Gasteiger partial charge in [-0.3, -0.25) is 0 Å². The Bertz CT molecular complexity index is 734. The number of ether oxygens (including phenoxy) is 1. The van der Waals surface area contributed by atoms with Crippen LogP contribution in [-0.2, 0) is 10.3 Å². The molecular formula is C27H32O2. The van der Waals surface area contributed by atoms with E-state index in [2.05, 4.69) is 79.7 Å². The summed E-state index contributed by atoms with van der Waals surface area (Å²) in [6.45, 7) is 4.79. The van der Waals surface area contributed by atoms with Crippen LogP contribution in [0.15, 0.2) is 91.0 Å². The first-order valence-corrected chi connectivity index (χ1v) is 10.7. The molecule has 3 aromatic rings. The van der Waals surface area contributed by atoms with Crippen molar-refractivity contribution in [3.05, 3.63) is 108 Å². The molecule has 0 spiro atoms. The Morgan fingerprint density at radius 2 is 1.10 bits per heavy atom. The van der Waals surface area contributed by atoms with Gasteiger partial charge in [0.2, 0.25) is 0 Å². The van der Waals surface area contributed by atoms with E-state index in [-0.39, 0.29) is 6.10 Å². The van der Waals surface area contributed by atoms with E-state index < -0.39 is 5.60 Å². The molecule has 3 aromatic carbocycles. The topological polar surface area (TPSA) is 29.5 Å². The molecule has 2 heteroatoms. The van der Waals surface area contributed by atoms with Crippen molar-refractivity contribution in [2.45, 2.75) is 44.8 Å². The van der Waals surface area contributed by atoms with Crippen molar-refractivity contribution in [1.82, 2.24) is 0 Å². The van der Waals surface area contributed by atoms with Crippen molar-refractivity contribution >= 4 is 0 Å². The van der Waals surface area contributed by atoms with Crippen molar-refractivity contribution in [3.8, 4) is 0 Å². The van der Waals surface area contributed by atoms with Crippen LogP contribution in [0.4, 0.5) is 0 Å². The molecule has 0 aliphatic heterocycles. The highest BCUT2D eigenvalue weighted by atomic mass is 16.5. The summed E-state index contributed by atoms with van der Waals surface area (Å²) in [5, 5.41) is 10.2. The number of aliphatic hydroxyl groups excluding tert-OH is 1. The standard InChI is InChI=1S/C27H32O2/c1-3-22(20-26(28)4-2)21-29-27(23-14-8-5-9-15-23,24-16-10-6-11-17-24)25-18-12-7-13-19-25/h5-19,22,26,28H,3-4,20-21H2,1-2H3/t22-,26-/m1/s1. The van der Waals surface area contributed by atoms with Gasteiger partial charge in [-0.15, -0.1) is 0 Å². The monoisotopic (exact) mass is 388 g/mol. The summed E-state index contributed by atoms with van der Waals surface area (Å²) in [6, 6.07) is 31.4. The van der Waals surface area contributed by atoms with Gasteiger partial charge in [0.25, 0.3) is 0 Å². The molecule has 0 unspecified atom stereocenters. The molecule has 1 N–H and O–H groups in total. The van der Waals surface area contributed by atoms with Gasteiger partial charge in [0.1, 0.15) is 5.60 Å². The predicted molar refractivity (Wildman–Crippen MR) is 120 cm³/mol. The second kappa shape index (κ2) is 10.4. The molecule has 0 bridgehead atoms. The van der Waals surface area contributed by atoms with E-state index in [1.54, 1.807) is 0 Å². The van der Waals surface area contributed by atoms with Crippen molar-refractivity contribution in [1.29, 1.82) is 0 Å². The van der Waals surface area contributed by atoms with Gasteiger partial charge in [-0.25, -0.2) is 0 Å². The van der Waals surface area contributed by atoms with E-state index in [4.69, 9.17) is 4.74 Å². The summed E-state index contributed by atoms with van der Waals surface area (Å²) < 4.78 is 6.88. The van der Waals surface area contributed by atoms with Gasteiger partial charge >= 0.3 is 0 Å². The predicted octanol–water partition coefficient (Wildman–Crippen LogP) is 6.18. The second-order valence-electron chi connectivity index (χ2n) is 7.66. The first-order chi connectivity index (χ1) is 14.2. The van der Waals surface area contributed by atoms with Gasteiger partial charge < -0.3 is 9.84 Å². The molecule has 0 aliphatic rings. The highest BCUT2D eigenvalue weighted by Gasteiger charge is 2.38. The van der Waals surface area contributed by atoms with Gasteiger partial charge in [0, 0.05) is 0 Å². The average Bonchev–Trinajstić information content (AvgIpc) is 2.80. The summed E-state index contributed by atoms with van der Waals surface area (Å²) in [7, 11) is 0. The third kappa shape index (κ3) is 4.95. The molecule has 0 heterocycles. The molecular weight excluding hydrogens is 356 g/mol. The van der Waals surface area contributed by atoms with Gasteiger partial charge in [0.05, 0.1) is 12.7 Å². The summed E-state index contributed by atoms with van der Waals surface area (Å²) in [4.78, 5) is 0. The fourth-order valence-electron chi connectivity index (χ4n) is 3.92. The summed E-state index contributed by atoms with van der Waals surface area (Å²) in [5.74, 6) is 0.306. The van der Waals surface area contributed by atoms with Crippen LogP contribution in [0, 0.1) is 5.92 Å². The second-order valence-corrected chi connectivity index (χ2v) is 7.66. The fourth-order valence-corrected chi connectivity index (χ4v) is 3.92. The van der Waals surface area contributed by atoms with E-state index in [0.717, 1.165) is 36.0 Å². The molecule has 0 radical (unpaired) electrons. The molecule has 0 saturated carbocycles. The van der Waals surface area contributed by atoms with Gasteiger partial charge in [-0.05, 0) is 35.4 Å². The lowest BCUT2D eigenvalue weighted by molar-refractivity contribution is -0.0186. The zero-order valence-electron chi connectivity index (χ0n) is 17.5. The maximum absolute atomic E-state index is 10.2. The van der Waals surface area contributed by atoms with Crippen LogP contribution in [0.3, 0.4) is 0 Å². The molecule has 152 valence electrons. The zero-order valence-corrected chi connectivity index (χ0v) is 17.5. The van der Waals surface area contributed by atoms with Crippen molar-refractivity contribution in [3.63, 3.8) is 0 Å². The summed E-state index contributed by atoms with van der Waals surface area (Å²) in [6.07, 6.45) is 2.24. The zero-order chi connectivity index (χ0) is 20.5. The van der Waals surface area contributed by atoms with E-state index in [0.29, 0.717) is 12.5 Å². The van der Waals surface area contributed by atoms with E-state index in [1.165, 1.54) is 0 Å². The van der Waals surface area contributed by atoms with Crippen molar-refractivity contribution in [2.75, 3.05) is 6.61 Å². The number of benzene rings is 3. The molecule has 29 heavy (non-hydrogen) atoms. The van der Waals surface area contributed by atoms with Gasteiger partial charge in [-0.1, -0.05) is 111 Å². The molecule has 0 aliphatic carbocycles. The lowest BCUT2D eigenvalue weighted by Crippen LogP contribution is -2.35. The minimum absolute atomic E-state index is 0.275. The number of aliphatic hydroxyl groups is 1. The molecule has 0 fully saturated rings. The maximum Gasteiger partial charge on any atom is 0.143 e. The summed E-state index contributed by atoms with van der Waals surface area (Å²) in [5.41, 5.74) is 2.66.